The molecular weight excluding hydrogens is 238 g/mol. The van der Waals surface area contributed by atoms with Crippen molar-refractivity contribution >= 4 is 5.96 Å². The van der Waals surface area contributed by atoms with Crippen LogP contribution < -0.4 is 0 Å². The molecule has 0 aromatic rings. The van der Waals surface area contributed by atoms with Gasteiger partial charge in [0.25, 0.3) is 0 Å². The van der Waals surface area contributed by atoms with Crippen LogP contribution in [0.4, 0.5) is 0 Å². The maximum Gasteiger partial charge on any atom is 0.195 e. The van der Waals surface area contributed by atoms with Crippen molar-refractivity contribution in [3.63, 3.8) is 0 Å². The highest BCUT2D eigenvalue weighted by Crippen LogP contribution is 2.62. The summed E-state index contributed by atoms with van der Waals surface area (Å²) in [5.41, 5.74) is 0.373. The third kappa shape index (κ3) is 1.87. The fourth-order valence-electron chi connectivity index (χ4n) is 4.59. The first kappa shape index (κ1) is 13.2. The average Bonchev–Trinajstić information content (AvgIpc) is 2.94. The second-order valence-corrected chi connectivity index (χ2v) is 6.85. The van der Waals surface area contributed by atoms with Crippen molar-refractivity contribution in [2.75, 3.05) is 34.8 Å². The molecule has 3 rings (SSSR count). The molecule has 0 bridgehead atoms. The van der Waals surface area contributed by atoms with E-state index in [1.165, 1.54) is 32.1 Å². The van der Waals surface area contributed by atoms with Crippen molar-refractivity contribution in [2.24, 2.45) is 16.3 Å². The fraction of sp³-hybridized carbons (Fsp3) is 0.933. The third-order valence-electron chi connectivity index (χ3n) is 5.29. The van der Waals surface area contributed by atoms with Gasteiger partial charge in [-0.1, -0.05) is 12.8 Å². The quantitative estimate of drug-likeness (QED) is 0.535. The molecule has 4 heteroatoms. The van der Waals surface area contributed by atoms with Gasteiger partial charge >= 0.3 is 0 Å². The zero-order chi connectivity index (χ0) is 13.6. The molecule has 2 saturated carbocycles. The number of hydrogen-bond donors (Lipinski definition) is 0. The van der Waals surface area contributed by atoms with Gasteiger partial charge in [0.15, 0.2) is 5.96 Å². The Bertz CT molecular complexity index is 362. The lowest BCUT2D eigenvalue weighted by Gasteiger charge is -2.55. The first-order valence-corrected chi connectivity index (χ1v) is 7.60. The highest BCUT2D eigenvalue weighted by atomic mass is 16.5. The Labute approximate surface area is 116 Å². The van der Waals surface area contributed by atoms with E-state index in [4.69, 9.17) is 9.73 Å². The summed E-state index contributed by atoms with van der Waals surface area (Å²) < 4.78 is 6.03. The van der Waals surface area contributed by atoms with Crippen LogP contribution in [0.3, 0.4) is 0 Å². The third-order valence-corrected chi connectivity index (χ3v) is 5.29. The molecule has 3 fully saturated rings. The summed E-state index contributed by atoms with van der Waals surface area (Å²) in [5.74, 6) is 1.77. The highest BCUT2D eigenvalue weighted by Gasteiger charge is 2.65. The van der Waals surface area contributed by atoms with Gasteiger partial charge in [-0.2, -0.15) is 0 Å². The van der Waals surface area contributed by atoms with Crippen molar-refractivity contribution in [2.45, 2.75) is 44.2 Å². The second kappa shape index (κ2) is 4.65. The van der Waals surface area contributed by atoms with Crippen LogP contribution in [-0.4, -0.2) is 62.7 Å². The van der Waals surface area contributed by atoms with Gasteiger partial charge in [-0.05, 0) is 19.3 Å². The zero-order valence-corrected chi connectivity index (χ0v) is 12.7. The highest BCUT2D eigenvalue weighted by molar-refractivity contribution is 5.79. The molecule has 3 aliphatic rings. The van der Waals surface area contributed by atoms with Crippen LogP contribution >= 0.6 is 0 Å². The minimum Gasteiger partial charge on any atom is -0.377 e. The van der Waals surface area contributed by atoms with Gasteiger partial charge in [0, 0.05) is 46.1 Å². The molecule has 0 radical (unpaired) electrons. The SMILES string of the molecule is CN(C)C(=NC1C2CCOC2C12CCCC2)N(C)C. The van der Waals surface area contributed by atoms with Crippen molar-refractivity contribution in [3.05, 3.63) is 0 Å². The fourth-order valence-corrected chi connectivity index (χ4v) is 4.59. The van der Waals surface area contributed by atoms with Gasteiger partial charge in [0.05, 0.1) is 12.1 Å². The van der Waals surface area contributed by atoms with E-state index in [-0.39, 0.29) is 0 Å². The van der Waals surface area contributed by atoms with Crippen LogP contribution in [0.2, 0.25) is 0 Å². The molecule has 1 heterocycles. The van der Waals surface area contributed by atoms with Crippen LogP contribution in [0.1, 0.15) is 32.1 Å². The van der Waals surface area contributed by atoms with E-state index in [0.29, 0.717) is 23.5 Å². The number of ether oxygens (including phenoxy) is 1. The summed E-state index contributed by atoms with van der Waals surface area (Å²) in [6, 6.07) is 0.488. The van der Waals surface area contributed by atoms with Gasteiger partial charge in [0.1, 0.15) is 0 Å². The monoisotopic (exact) mass is 265 g/mol. The zero-order valence-electron chi connectivity index (χ0n) is 12.7. The van der Waals surface area contributed by atoms with Gasteiger partial charge in [-0.25, -0.2) is 4.99 Å². The van der Waals surface area contributed by atoms with Gasteiger partial charge in [-0.3, -0.25) is 0 Å². The predicted octanol–water partition coefficient (Wildman–Crippen LogP) is 1.81. The number of aliphatic imine (C=N–C) groups is 1. The first-order chi connectivity index (χ1) is 9.06. The summed E-state index contributed by atoms with van der Waals surface area (Å²) in [5, 5.41) is 0. The van der Waals surface area contributed by atoms with Crippen LogP contribution in [0.5, 0.6) is 0 Å². The number of hydrogen-bond acceptors (Lipinski definition) is 2. The maximum atomic E-state index is 6.03. The lowest BCUT2D eigenvalue weighted by molar-refractivity contribution is -0.117. The smallest absolute Gasteiger partial charge is 0.195 e. The number of nitrogens with zero attached hydrogens (tertiary/aromatic N) is 3. The Morgan fingerprint density at radius 3 is 2.32 bits per heavy atom. The molecule has 3 atom stereocenters. The van der Waals surface area contributed by atoms with Crippen molar-refractivity contribution in [1.29, 1.82) is 0 Å². The standard InChI is InChI=1S/C15H27N3O/c1-17(2)14(18(3)4)16-12-11-7-10-19-13(11)15(12)8-5-6-9-15/h11-13H,5-10H2,1-4H3. The van der Waals surface area contributed by atoms with Gasteiger partial charge in [-0.15, -0.1) is 0 Å². The molecule has 0 amide bonds. The number of rotatable bonds is 1. The van der Waals surface area contributed by atoms with E-state index < -0.39 is 0 Å². The molecule has 1 spiro atoms. The van der Waals surface area contributed by atoms with Crippen LogP contribution in [0.25, 0.3) is 0 Å². The topological polar surface area (TPSA) is 28.1 Å². The lowest BCUT2D eigenvalue weighted by Crippen LogP contribution is -2.61. The normalized spacial score (nSPS) is 34.8. The lowest BCUT2D eigenvalue weighted by atomic mass is 9.54. The van der Waals surface area contributed by atoms with E-state index in [1.807, 2.05) is 0 Å². The molecular formula is C15H27N3O. The molecule has 2 aliphatic carbocycles. The summed E-state index contributed by atoms with van der Waals surface area (Å²) in [6.45, 7) is 0.947. The summed E-state index contributed by atoms with van der Waals surface area (Å²) in [7, 11) is 8.34. The molecule has 3 unspecified atom stereocenters. The predicted molar refractivity (Wildman–Crippen MR) is 77.3 cm³/mol. The van der Waals surface area contributed by atoms with E-state index in [1.54, 1.807) is 0 Å². The molecule has 108 valence electrons. The molecule has 19 heavy (non-hydrogen) atoms. The van der Waals surface area contributed by atoms with E-state index in [0.717, 1.165) is 12.6 Å². The minimum absolute atomic E-state index is 0.373. The molecule has 0 N–H and O–H groups in total. The van der Waals surface area contributed by atoms with Crippen LogP contribution in [0.15, 0.2) is 4.99 Å². The summed E-state index contributed by atoms with van der Waals surface area (Å²) in [6.07, 6.45) is 7.06. The average molecular weight is 265 g/mol. The molecule has 1 saturated heterocycles. The van der Waals surface area contributed by atoms with Gasteiger partial charge < -0.3 is 14.5 Å². The Hall–Kier alpha value is -0.770. The summed E-state index contributed by atoms with van der Waals surface area (Å²) in [4.78, 5) is 9.41. The Morgan fingerprint density at radius 2 is 1.74 bits per heavy atom. The van der Waals surface area contributed by atoms with E-state index >= 15 is 0 Å². The van der Waals surface area contributed by atoms with E-state index in [2.05, 4.69) is 38.0 Å². The van der Waals surface area contributed by atoms with Crippen LogP contribution in [0, 0.1) is 11.3 Å². The van der Waals surface area contributed by atoms with Crippen molar-refractivity contribution in [3.8, 4) is 0 Å². The first-order valence-electron chi connectivity index (χ1n) is 7.60. The van der Waals surface area contributed by atoms with E-state index in [9.17, 15) is 0 Å². The van der Waals surface area contributed by atoms with Crippen molar-refractivity contribution < 1.29 is 4.74 Å². The Kier molecular flexibility index (Phi) is 3.24. The molecule has 4 nitrogen and oxygen atoms in total. The van der Waals surface area contributed by atoms with Crippen molar-refractivity contribution in [1.82, 2.24) is 9.80 Å². The Balaban J connectivity index is 1.88. The van der Waals surface area contributed by atoms with Gasteiger partial charge in [0.2, 0.25) is 0 Å². The second-order valence-electron chi connectivity index (χ2n) is 6.85. The van der Waals surface area contributed by atoms with Crippen LogP contribution in [-0.2, 0) is 4.74 Å². The minimum atomic E-state index is 0.373. The summed E-state index contributed by atoms with van der Waals surface area (Å²) >= 11 is 0. The molecule has 0 aromatic carbocycles. The maximum absolute atomic E-state index is 6.03. The number of guanidine groups is 1. The number of fused-ring (bicyclic) bond motifs is 2. The molecule has 0 aromatic heterocycles. The largest absolute Gasteiger partial charge is 0.377 e. The molecule has 1 aliphatic heterocycles. The Morgan fingerprint density at radius 1 is 1.11 bits per heavy atom.